The molecule has 0 atom stereocenters. The van der Waals surface area contributed by atoms with Crippen LogP contribution in [-0.2, 0) is 0 Å². The fourth-order valence-electron chi connectivity index (χ4n) is 1.83. The van der Waals surface area contributed by atoms with Crippen LogP contribution < -0.4 is 10.9 Å². The second-order valence-electron chi connectivity index (χ2n) is 4.88. The monoisotopic (exact) mass is 309 g/mol. The van der Waals surface area contributed by atoms with Crippen molar-refractivity contribution in [1.82, 2.24) is 5.32 Å². The van der Waals surface area contributed by atoms with Crippen LogP contribution in [0.3, 0.4) is 0 Å². The predicted octanol–water partition coefficient (Wildman–Crippen LogP) is -1.06. The topological polar surface area (TPSA) is 140 Å². The minimum absolute atomic E-state index is 0.0901. The molecule has 0 radical (unpaired) electrons. The molecule has 22 heavy (non-hydrogen) atoms. The highest BCUT2D eigenvalue weighted by molar-refractivity contribution is 5.97. The van der Waals surface area contributed by atoms with Crippen LogP contribution in [0.4, 0.5) is 0 Å². The third-order valence-corrected chi connectivity index (χ3v) is 3.25. The van der Waals surface area contributed by atoms with Gasteiger partial charge in [-0.05, 0) is 18.2 Å². The van der Waals surface area contributed by atoms with Gasteiger partial charge >= 0.3 is 5.63 Å². The largest absolute Gasteiger partial charge is 0.508 e. The van der Waals surface area contributed by atoms with E-state index in [1.807, 2.05) is 0 Å². The summed E-state index contributed by atoms with van der Waals surface area (Å²) < 4.78 is 4.95. The van der Waals surface area contributed by atoms with E-state index in [1.54, 1.807) is 0 Å². The van der Waals surface area contributed by atoms with E-state index in [2.05, 4.69) is 5.32 Å². The van der Waals surface area contributed by atoms with Gasteiger partial charge in [-0.1, -0.05) is 0 Å². The van der Waals surface area contributed by atoms with E-state index in [-0.39, 0.29) is 16.9 Å². The zero-order valence-electron chi connectivity index (χ0n) is 11.4. The SMILES string of the molecule is O=C(NC(CO)(CO)CO)c1cc2ccc(O)cc2oc1=O. The van der Waals surface area contributed by atoms with Crippen molar-refractivity contribution in [2.75, 3.05) is 19.8 Å². The molecule has 0 saturated carbocycles. The summed E-state index contributed by atoms with van der Waals surface area (Å²) in [6, 6.07) is 5.32. The van der Waals surface area contributed by atoms with Crippen molar-refractivity contribution in [3.63, 3.8) is 0 Å². The van der Waals surface area contributed by atoms with Crippen LogP contribution in [0.25, 0.3) is 11.0 Å². The number of amides is 1. The van der Waals surface area contributed by atoms with Gasteiger partial charge in [0.05, 0.1) is 19.8 Å². The quantitative estimate of drug-likeness (QED) is 0.444. The number of hydrogen-bond acceptors (Lipinski definition) is 7. The third kappa shape index (κ3) is 2.93. The lowest BCUT2D eigenvalue weighted by molar-refractivity contribution is 0.0374. The molecule has 0 aliphatic heterocycles. The number of aromatic hydroxyl groups is 1. The number of aliphatic hydroxyl groups is 3. The van der Waals surface area contributed by atoms with Crippen molar-refractivity contribution in [2.24, 2.45) is 0 Å². The maximum absolute atomic E-state index is 12.1. The fourth-order valence-corrected chi connectivity index (χ4v) is 1.83. The molecule has 5 N–H and O–H groups in total. The first kappa shape index (κ1) is 16.0. The minimum atomic E-state index is -1.65. The molecule has 0 unspecified atom stereocenters. The van der Waals surface area contributed by atoms with Crippen molar-refractivity contribution in [1.29, 1.82) is 0 Å². The Morgan fingerprint density at radius 3 is 2.36 bits per heavy atom. The Morgan fingerprint density at radius 2 is 1.77 bits per heavy atom. The van der Waals surface area contributed by atoms with Gasteiger partial charge < -0.3 is 30.2 Å². The summed E-state index contributed by atoms with van der Waals surface area (Å²) in [4.78, 5) is 24.0. The van der Waals surface area contributed by atoms with Crippen LogP contribution in [0.1, 0.15) is 10.4 Å². The Labute approximate surface area is 124 Å². The lowest BCUT2D eigenvalue weighted by atomic mass is 10.0. The number of nitrogens with one attached hydrogen (secondary N) is 1. The maximum Gasteiger partial charge on any atom is 0.349 e. The number of benzene rings is 1. The molecule has 1 amide bonds. The Kier molecular flexibility index (Phi) is 4.45. The van der Waals surface area contributed by atoms with Gasteiger partial charge in [-0.25, -0.2) is 4.79 Å². The van der Waals surface area contributed by atoms with Crippen molar-refractivity contribution in [3.05, 3.63) is 40.2 Å². The van der Waals surface area contributed by atoms with E-state index in [4.69, 9.17) is 4.42 Å². The molecular formula is C14H15NO7. The number of carbonyl (C=O) groups excluding carboxylic acids is 1. The minimum Gasteiger partial charge on any atom is -0.508 e. The molecule has 0 aliphatic carbocycles. The molecule has 0 fully saturated rings. The standard InChI is InChI=1S/C14H15NO7/c16-5-14(6-17,7-18)15-12(20)10-3-8-1-2-9(19)4-11(8)22-13(10)21/h1-4,16-19H,5-7H2,(H,15,20). The fraction of sp³-hybridized carbons (Fsp3) is 0.286. The van der Waals surface area contributed by atoms with Crippen LogP contribution in [0, 0.1) is 0 Å². The zero-order chi connectivity index (χ0) is 16.3. The van der Waals surface area contributed by atoms with E-state index in [1.165, 1.54) is 24.3 Å². The molecule has 118 valence electrons. The molecular weight excluding hydrogens is 294 g/mol. The van der Waals surface area contributed by atoms with Gasteiger partial charge in [0.1, 0.15) is 22.4 Å². The molecule has 0 spiro atoms. The zero-order valence-corrected chi connectivity index (χ0v) is 11.4. The highest BCUT2D eigenvalue weighted by Crippen LogP contribution is 2.19. The van der Waals surface area contributed by atoms with E-state index in [9.17, 15) is 30.0 Å². The number of carbonyl (C=O) groups is 1. The van der Waals surface area contributed by atoms with Crippen LogP contribution in [0.15, 0.2) is 33.5 Å². The summed E-state index contributed by atoms with van der Waals surface area (Å²) in [6.45, 7) is -2.13. The van der Waals surface area contributed by atoms with E-state index in [0.717, 1.165) is 0 Å². The molecule has 0 aliphatic rings. The number of phenols is 1. The lowest BCUT2D eigenvalue weighted by Crippen LogP contribution is -2.57. The number of fused-ring (bicyclic) bond motifs is 1. The molecule has 2 aromatic rings. The normalized spacial score (nSPS) is 11.6. The van der Waals surface area contributed by atoms with Crippen molar-refractivity contribution < 1.29 is 29.6 Å². The number of phenolic OH excluding ortho intramolecular Hbond substituents is 1. The second kappa shape index (κ2) is 6.14. The smallest absolute Gasteiger partial charge is 0.349 e. The second-order valence-corrected chi connectivity index (χ2v) is 4.88. The van der Waals surface area contributed by atoms with Gasteiger partial charge in [-0.2, -0.15) is 0 Å². The first-order chi connectivity index (χ1) is 10.4. The summed E-state index contributed by atoms with van der Waals surface area (Å²) in [6.07, 6.45) is 0. The first-order valence-electron chi connectivity index (χ1n) is 6.36. The van der Waals surface area contributed by atoms with E-state index in [0.29, 0.717) is 5.39 Å². The average molecular weight is 309 g/mol. The van der Waals surface area contributed by atoms with Gasteiger partial charge in [-0.3, -0.25) is 4.79 Å². The lowest BCUT2D eigenvalue weighted by Gasteiger charge is -2.28. The first-order valence-corrected chi connectivity index (χ1v) is 6.36. The van der Waals surface area contributed by atoms with Crippen LogP contribution in [0.5, 0.6) is 5.75 Å². The number of hydrogen-bond donors (Lipinski definition) is 5. The molecule has 0 saturated heterocycles. The highest BCUT2D eigenvalue weighted by atomic mass is 16.4. The molecule has 0 bridgehead atoms. The molecule has 1 aromatic heterocycles. The van der Waals surface area contributed by atoms with Gasteiger partial charge in [0, 0.05) is 11.5 Å². The average Bonchev–Trinajstić information content (AvgIpc) is 2.51. The third-order valence-electron chi connectivity index (χ3n) is 3.25. The molecule has 2 rings (SSSR count). The summed E-state index contributed by atoms with van der Waals surface area (Å²) in [5.41, 5.74) is -2.83. The Bertz CT molecular complexity index is 740. The summed E-state index contributed by atoms with van der Waals surface area (Å²) in [7, 11) is 0. The van der Waals surface area contributed by atoms with Crippen molar-refractivity contribution in [3.8, 4) is 5.75 Å². The van der Waals surface area contributed by atoms with Crippen molar-refractivity contribution >= 4 is 16.9 Å². The molecule has 8 nitrogen and oxygen atoms in total. The van der Waals surface area contributed by atoms with Crippen molar-refractivity contribution in [2.45, 2.75) is 5.54 Å². The van der Waals surface area contributed by atoms with Crippen LogP contribution in [0.2, 0.25) is 0 Å². The van der Waals surface area contributed by atoms with Crippen LogP contribution >= 0.6 is 0 Å². The number of aliphatic hydroxyl groups excluding tert-OH is 3. The van der Waals surface area contributed by atoms with E-state index < -0.39 is 36.9 Å². The van der Waals surface area contributed by atoms with Gasteiger partial charge in [-0.15, -0.1) is 0 Å². The molecule has 8 heteroatoms. The highest BCUT2D eigenvalue weighted by Gasteiger charge is 2.31. The Morgan fingerprint density at radius 1 is 1.14 bits per heavy atom. The van der Waals surface area contributed by atoms with Gasteiger partial charge in [0.25, 0.3) is 5.91 Å². The Hall–Kier alpha value is -2.42. The van der Waals surface area contributed by atoms with Gasteiger partial charge in [0.15, 0.2) is 0 Å². The molecule has 1 heterocycles. The predicted molar refractivity (Wildman–Crippen MR) is 75.6 cm³/mol. The summed E-state index contributed by atoms with van der Waals surface area (Å²) >= 11 is 0. The Balaban J connectivity index is 2.42. The molecule has 1 aromatic carbocycles. The maximum atomic E-state index is 12.1. The van der Waals surface area contributed by atoms with Crippen LogP contribution in [-0.4, -0.2) is 51.7 Å². The van der Waals surface area contributed by atoms with Gasteiger partial charge in [0.2, 0.25) is 0 Å². The number of rotatable bonds is 5. The summed E-state index contributed by atoms with van der Waals surface area (Å²) in [5.74, 6) is -0.992. The summed E-state index contributed by atoms with van der Waals surface area (Å²) in [5, 5.41) is 39.5. The van der Waals surface area contributed by atoms with E-state index >= 15 is 0 Å².